The first-order chi connectivity index (χ1) is 14.2. The van der Waals surface area contributed by atoms with Crippen molar-refractivity contribution in [1.82, 2.24) is 9.71 Å². The van der Waals surface area contributed by atoms with E-state index in [1.165, 1.54) is 23.9 Å². The molecule has 1 atom stereocenters. The van der Waals surface area contributed by atoms with E-state index in [0.29, 0.717) is 6.42 Å². The third kappa shape index (κ3) is 7.22. The Kier molecular flexibility index (Phi) is 8.58. The van der Waals surface area contributed by atoms with Crippen molar-refractivity contribution in [3.05, 3.63) is 65.9 Å². The summed E-state index contributed by atoms with van der Waals surface area (Å²) < 4.78 is 3.04. The van der Waals surface area contributed by atoms with E-state index in [1.54, 1.807) is 0 Å². The van der Waals surface area contributed by atoms with Gasteiger partial charge in [-0.3, -0.25) is 4.79 Å². The lowest BCUT2D eigenvalue weighted by atomic mass is 10.1. The van der Waals surface area contributed by atoms with Crippen LogP contribution in [0.25, 0.3) is 0 Å². The summed E-state index contributed by atoms with van der Waals surface area (Å²) in [6.45, 7) is 1.02. The number of carboxylic acids is 1. The van der Waals surface area contributed by atoms with Gasteiger partial charge in [0.25, 0.3) is 0 Å². The zero-order valence-electron chi connectivity index (χ0n) is 16.6. The summed E-state index contributed by atoms with van der Waals surface area (Å²) in [7, 11) is 0. The molecule has 2 heterocycles. The lowest BCUT2D eigenvalue weighted by Gasteiger charge is -2.17. The molecule has 0 bridgehead atoms. The molecule has 6 heteroatoms. The van der Waals surface area contributed by atoms with Gasteiger partial charge in [-0.1, -0.05) is 36.4 Å². The second kappa shape index (κ2) is 11.6. The summed E-state index contributed by atoms with van der Waals surface area (Å²) in [6.07, 6.45) is 10.9. The third-order valence-corrected chi connectivity index (χ3v) is 5.81. The number of unbranched alkanes of at least 4 members (excludes halogenated alkanes) is 2. The molecule has 0 fully saturated rings. The molecule has 1 aromatic carbocycles. The summed E-state index contributed by atoms with van der Waals surface area (Å²) in [6, 6.07) is 13.5. The Morgan fingerprint density at radius 1 is 1.21 bits per heavy atom. The molecule has 1 aliphatic rings. The molecular formula is C23H29N3O2S. The van der Waals surface area contributed by atoms with E-state index in [-0.39, 0.29) is 0 Å². The first-order valence-electron chi connectivity index (χ1n) is 10.3. The highest BCUT2D eigenvalue weighted by molar-refractivity contribution is 7.97. The molecule has 0 spiro atoms. The number of hydrogen-bond acceptors (Lipinski definition) is 5. The highest BCUT2D eigenvalue weighted by Gasteiger charge is 2.15. The lowest BCUT2D eigenvalue weighted by molar-refractivity contribution is -0.138. The third-order valence-electron chi connectivity index (χ3n) is 4.90. The number of fused-ring (bicyclic) bond motifs is 1. The molecule has 1 aliphatic heterocycles. The van der Waals surface area contributed by atoms with E-state index in [1.807, 2.05) is 36.4 Å². The number of allylic oxidation sites excluding steroid dienone is 1. The van der Waals surface area contributed by atoms with Gasteiger partial charge in [-0.25, -0.2) is 9.71 Å². The Balaban J connectivity index is 1.33. The molecule has 3 rings (SSSR count). The molecule has 0 saturated heterocycles. The van der Waals surface area contributed by atoms with Crippen LogP contribution in [-0.2, 0) is 17.6 Å². The molecule has 0 aliphatic carbocycles. The fraction of sp³-hybridized carbons (Fsp3) is 0.391. The first kappa shape index (κ1) is 21.4. The number of aryl methyl sites for hydroxylation is 2. The molecule has 5 nitrogen and oxygen atoms in total. The van der Waals surface area contributed by atoms with Crippen molar-refractivity contribution in [2.75, 3.05) is 11.9 Å². The minimum absolute atomic E-state index is 0.479. The highest BCUT2D eigenvalue weighted by atomic mass is 32.2. The number of anilines is 1. The van der Waals surface area contributed by atoms with Crippen LogP contribution in [0.5, 0.6) is 0 Å². The van der Waals surface area contributed by atoms with Gasteiger partial charge in [0.2, 0.25) is 0 Å². The summed E-state index contributed by atoms with van der Waals surface area (Å²) in [5, 5.41) is 12.8. The van der Waals surface area contributed by atoms with Crippen LogP contribution in [-0.4, -0.2) is 28.6 Å². The average Bonchev–Trinajstić information content (AvgIpc) is 2.75. The van der Waals surface area contributed by atoms with E-state index in [4.69, 9.17) is 4.98 Å². The maximum Gasteiger partial charge on any atom is 0.321 e. The van der Waals surface area contributed by atoms with Gasteiger partial charge in [-0.15, -0.1) is 0 Å². The number of aromatic nitrogens is 1. The SMILES string of the molecule is O=C(O)C(C/C=C/CCCCc1ccc2c(n1)NCCC2)NSc1ccccc1. The van der Waals surface area contributed by atoms with Gasteiger partial charge in [0.1, 0.15) is 11.9 Å². The second-order valence-corrected chi connectivity index (χ2v) is 8.13. The first-order valence-corrected chi connectivity index (χ1v) is 11.1. The molecule has 1 aromatic heterocycles. The van der Waals surface area contributed by atoms with Crippen molar-refractivity contribution in [3.8, 4) is 0 Å². The minimum Gasteiger partial charge on any atom is -0.480 e. The maximum atomic E-state index is 11.4. The Morgan fingerprint density at radius 3 is 2.90 bits per heavy atom. The zero-order chi connectivity index (χ0) is 20.3. The van der Waals surface area contributed by atoms with E-state index in [0.717, 1.165) is 55.1 Å². The lowest BCUT2D eigenvalue weighted by Crippen LogP contribution is -2.31. The van der Waals surface area contributed by atoms with E-state index in [2.05, 4.69) is 28.2 Å². The van der Waals surface area contributed by atoms with Gasteiger partial charge in [-0.05, 0) is 80.7 Å². The molecule has 2 aromatic rings. The number of benzene rings is 1. The van der Waals surface area contributed by atoms with Crippen molar-refractivity contribution in [3.63, 3.8) is 0 Å². The van der Waals surface area contributed by atoms with Gasteiger partial charge in [0, 0.05) is 17.1 Å². The topological polar surface area (TPSA) is 74.2 Å². The van der Waals surface area contributed by atoms with E-state index in [9.17, 15) is 9.90 Å². The van der Waals surface area contributed by atoms with Gasteiger partial charge < -0.3 is 10.4 Å². The van der Waals surface area contributed by atoms with E-state index < -0.39 is 12.0 Å². The zero-order valence-corrected chi connectivity index (χ0v) is 17.5. The fourth-order valence-electron chi connectivity index (χ4n) is 3.25. The molecule has 1 unspecified atom stereocenters. The van der Waals surface area contributed by atoms with Crippen LogP contribution in [0.1, 0.15) is 43.4 Å². The van der Waals surface area contributed by atoms with Crippen LogP contribution < -0.4 is 10.0 Å². The van der Waals surface area contributed by atoms with Crippen molar-refractivity contribution in [1.29, 1.82) is 0 Å². The largest absolute Gasteiger partial charge is 0.480 e. The Hall–Kier alpha value is -2.31. The average molecular weight is 412 g/mol. The van der Waals surface area contributed by atoms with Gasteiger partial charge in [0.05, 0.1) is 0 Å². The smallest absolute Gasteiger partial charge is 0.321 e. The molecule has 0 radical (unpaired) electrons. The fourth-order valence-corrected chi connectivity index (χ4v) is 4.02. The molecule has 0 saturated carbocycles. The molecule has 3 N–H and O–H groups in total. The number of pyridine rings is 1. The Morgan fingerprint density at radius 2 is 2.07 bits per heavy atom. The van der Waals surface area contributed by atoms with Crippen LogP contribution >= 0.6 is 11.9 Å². The molecular weight excluding hydrogens is 382 g/mol. The summed E-state index contributed by atoms with van der Waals surface area (Å²) in [4.78, 5) is 17.2. The molecule has 154 valence electrons. The van der Waals surface area contributed by atoms with Crippen molar-refractivity contribution in [2.24, 2.45) is 0 Å². The minimum atomic E-state index is -0.829. The number of carbonyl (C=O) groups is 1. The number of nitrogens with zero attached hydrogens (tertiary/aromatic N) is 1. The summed E-state index contributed by atoms with van der Waals surface area (Å²) in [5.74, 6) is 0.236. The van der Waals surface area contributed by atoms with Crippen LogP contribution in [0.4, 0.5) is 5.82 Å². The van der Waals surface area contributed by atoms with Gasteiger partial charge in [-0.2, -0.15) is 0 Å². The predicted molar refractivity (Wildman–Crippen MR) is 119 cm³/mol. The second-order valence-electron chi connectivity index (χ2n) is 7.22. The number of hydrogen-bond donors (Lipinski definition) is 3. The van der Waals surface area contributed by atoms with Crippen molar-refractivity contribution < 1.29 is 9.90 Å². The normalized spacial score (nSPS) is 14.3. The van der Waals surface area contributed by atoms with Gasteiger partial charge in [0.15, 0.2) is 0 Å². The number of nitrogens with one attached hydrogen (secondary N) is 2. The van der Waals surface area contributed by atoms with Crippen LogP contribution in [0.2, 0.25) is 0 Å². The quantitative estimate of drug-likeness (QED) is 0.279. The van der Waals surface area contributed by atoms with Crippen molar-refractivity contribution in [2.45, 2.75) is 55.9 Å². The number of carboxylic acid groups (broad SMARTS) is 1. The van der Waals surface area contributed by atoms with Gasteiger partial charge >= 0.3 is 5.97 Å². The van der Waals surface area contributed by atoms with Crippen LogP contribution in [0.3, 0.4) is 0 Å². The Bertz CT molecular complexity index is 811. The molecule has 0 amide bonds. The summed E-state index contributed by atoms with van der Waals surface area (Å²) in [5.41, 5.74) is 2.48. The molecule has 29 heavy (non-hydrogen) atoms. The van der Waals surface area contributed by atoms with Crippen LogP contribution in [0.15, 0.2) is 59.5 Å². The monoisotopic (exact) mass is 411 g/mol. The predicted octanol–water partition coefficient (Wildman–Crippen LogP) is 4.85. The number of rotatable bonds is 11. The number of aliphatic carboxylic acids is 1. The van der Waals surface area contributed by atoms with Crippen molar-refractivity contribution >= 4 is 23.7 Å². The highest BCUT2D eigenvalue weighted by Crippen LogP contribution is 2.20. The van der Waals surface area contributed by atoms with E-state index >= 15 is 0 Å². The Labute approximate surface area is 177 Å². The van der Waals surface area contributed by atoms with Crippen LogP contribution in [0, 0.1) is 0 Å². The standard InChI is InChI=1S/C23H29N3O2S/c27-23(28)21(26-29-20-12-6-4-7-13-20)14-8-3-1-2-5-11-19-16-15-18-10-9-17-24-22(18)25-19/h3-4,6-8,12-13,15-16,21,26H,1-2,5,9-11,14,17H2,(H,24,25)(H,27,28)/b8-3+. The summed E-state index contributed by atoms with van der Waals surface area (Å²) >= 11 is 1.36. The maximum absolute atomic E-state index is 11.4.